The minimum Gasteiger partial charge on any atom is -0.475 e. The van der Waals surface area contributed by atoms with Crippen molar-refractivity contribution in [2.45, 2.75) is 32.7 Å². The monoisotopic (exact) mass is 515 g/mol. The number of carbonyl (C=O) groups is 2. The summed E-state index contributed by atoms with van der Waals surface area (Å²) in [5.41, 5.74) is 2.15. The van der Waals surface area contributed by atoms with Gasteiger partial charge in [0, 0.05) is 13.1 Å². The van der Waals surface area contributed by atoms with Crippen LogP contribution in [-0.2, 0) is 17.5 Å². The second-order valence-corrected chi connectivity index (χ2v) is 7.52. The zero-order valence-electron chi connectivity index (χ0n) is 18.8. The molecule has 0 spiro atoms. The number of rotatable bonds is 4. The smallest absolute Gasteiger partial charge is 0.475 e. The molecule has 1 aromatic carbocycles. The number of pyridine rings is 1. The maximum atomic E-state index is 13.1. The molecule has 0 aliphatic rings. The maximum Gasteiger partial charge on any atom is 0.490 e. The Hall–Kier alpha value is -4.10. The van der Waals surface area contributed by atoms with Gasteiger partial charge in [0.05, 0.1) is 16.6 Å². The van der Waals surface area contributed by atoms with Gasteiger partial charge in [-0.2, -0.15) is 26.3 Å². The first-order valence-corrected chi connectivity index (χ1v) is 10.3. The van der Waals surface area contributed by atoms with Gasteiger partial charge in [-0.1, -0.05) is 12.1 Å². The number of hydrogen-bond donors (Lipinski definition) is 2. The summed E-state index contributed by atoms with van der Waals surface area (Å²) in [6.07, 6.45) is -9.51. The van der Waals surface area contributed by atoms with Gasteiger partial charge in [-0.3, -0.25) is 9.20 Å². The molecule has 14 heteroatoms. The van der Waals surface area contributed by atoms with Crippen molar-refractivity contribution in [3.05, 3.63) is 65.1 Å². The van der Waals surface area contributed by atoms with Crippen LogP contribution in [0.5, 0.6) is 0 Å². The highest BCUT2D eigenvalue weighted by atomic mass is 19.4. The molecule has 1 amide bonds. The fraction of sp³-hybridized carbons (Fsp3) is 0.273. The van der Waals surface area contributed by atoms with Crippen molar-refractivity contribution >= 4 is 28.6 Å². The first kappa shape index (κ1) is 26.5. The number of fused-ring (bicyclic) bond motifs is 3. The lowest BCUT2D eigenvalue weighted by Crippen LogP contribution is -2.25. The normalized spacial score (nSPS) is 11.9. The van der Waals surface area contributed by atoms with Gasteiger partial charge in [-0.25, -0.2) is 4.79 Å². The molecule has 0 aliphatic carbocycles. The van der Waals surface area contributed by atoms with Crippen LogP contribution >= 0.6 is 0 Å². The van der Waals surface area contributed by atoms with Crippen molar-refractivity contribution in [3.63, 3.8) is 0 Å². The molecule has 0 saturated carbocycles. The molecule has 0 unspecified atom stereocenters. The van der Waals surface area contributed by atoms with E-state index in [4.69, 9.17) is 9.90 Å². The average molecular weight is 515 g/mol. The van der Waals surface area contributed by atoms with Crippen molar-refractivity contribution < 1.29 is 41.0 Å². The van der Waals surface area contributed by atoms with E-state index in [2.05, 4.69) is 15.5 Å². The molecule has 0 atom stereocenters. The van der Waals surface area contributed by atoms with Crippen LogP contribution in [0.25, 0.3) is 16.7 Å². The molecule has 3 aromatic heterocycles. The molecule has 192 valence electrons. The van der Waals surface area contributed by atoms with Gasteiger partial charge >= 0.3 is 18.3 Å². The highest BCUT2D eigenvalue weighted by Gasteiger charge is 2.38. The fourth-order valence-electron chi connectivity index (χ4n) is 3.48. The molecule has 4 aromatic rings. The summed E-state index contributed by atoms with van der Waals surface area (Å²) >= 11 is 0. The van der Waals surface area contributed by atoms with E-state index in [1.54, 1.807) is 42.7 Å². The van der Waals surface area contributed by atoms with E-state index in [0.717, 1.165) is 17.6 Å². The van der Waals surface area contributed by atoms with Crippen molar-refractivity contribution in [1.29, 1.82) is 0 Å². The number of nitrogens with zero attached hydrogens (tertiary/aromatic N) is 4. The first-order chi connectivity index (χ1) is 16.7. The minimum atomic E-state index is -5.08. The molecular weight excluding hydrogens is 496 g/mol. The molecular formula is C22H19F6N5O3. The van der Waals surface area contributed by atoms with Gasteiger partial charge in [0.2, 0.25) is 0 Å². The molecule has 0 bridgehead atoms. The van der Waals surface area contributed by atoms with Crippen molar-refractivity contribution in [2.24, 2.45) is 0 Å². The molecule has 3 heterocycles. The Labute approximate surface area is 199 Å². The number of carboxylic acid groups (broad SMARTS) is 1. The molecule has 4 rings (SSSR count). The Morgan fingerprint density at radius 1 is 1.00 bits per heavy atom. The summed E-state index contributed by atoms with van der Waals surface area (Å²) in [6.45, 7) is 4.16. The third kappa shape index (κ3) is 5.58. The van der Waals surface area contributed by atoms with Crippen LogP contribution in [0.1, 0.15) is 34.4 Å². The predicted molar refractivity (Wildman–Crippen MR) is 115 cm³/mol. The average Bonchev–Trinajstić information content (AvgIpc) is 3.34. The number of aryl methyl sites for hydroxylation is 1. The molecule has 2 N–H and O–H groups in total. The number of aromatic nitrogens is 4. The SMILES string of the molecule is CCNC(=O)c1cc2c(ccc3nnc(C)n32)n1Cc1cccc(C(F)(F)F)c1.O=C(O)C(F)(F)F. The second kappa shape index (κ2) is 9.87. The van der Waals surface area contributed by atoms with Gasteiger partial charge in [-0.15, -0.1) is 10.2 Å². The number of aliphatic carboxylic acids is 1. The summed E-state index contributed by atoms with van der Waals surface area (Å²) in [5, 5.41) is 18.0. The zero-order chi connectivity index (χ0) is 26.8. The molecule has 0 aliphatic heterocycles. The van der Waals surface area contributed by atoms with Crippen LogP contribution in [0, 0.1) is 6.92 Å². The highest BCUT2D eigenvalue weighted by Crippen LogP contribution is 2.30. The third-order valence-corrected chi connectivity index (χ3v) is 5.01. The molecule has 8 nitrogen and oxygen atoms in total. The second-order valence-electron chi connectivity index (χ2n) is 7.52. The Morgan fingerprint density at radius 3 is 2.25 bits per heavy atom. The van der Waals surface area contributed by atoms with E-state index in [1.165, 1.54) is 6.07 Å². The standard InChI is InChI=1S/C20H18F3N5O.C2HF3O2/c1-3-24-19(29)17-10-16-15(7-8-18-26-25-12(2)28(16)18)27(17)11-13-5-4-6-14(9-13)20(21,22)23;3-2(4,5)1(6)7/h4-10H,3,11H2,1-2H3,(H,24,29);(H,6,7). The van der Waals surface area contributed by atoms with Gasteiger partial charge in [-0.05, 0) is 49.7 Å². The number of carboxylic acids is 1. The van der Waals surface area contributed by atoms with Crippen molar-refractivity contribution in [3.8, 4) is 0 Å². The van der Waals surface area contributed by atoms with Gasteiger partial charge in [0.15, 0.2) is 5.65 Å². The molecule has 36 heavy (non-hydrogen) atoms. The van der Waals surface area contributed by atoms with Crippen molar-refractivity contribution in [2.75, 3.05) is 6.54 Å². The number of benzene rings is 1. The maximum absolute atomic E-state index is 13.1. The van der Waals surface area contributed by atoms with Gasteiger partial charge < -0.3 is 15.0 Å². The van der Waals surface area contributed by atoms with Gasteiger partial charge in [0.25, 0.3) is 5.91 Å². The summed E-state index contributed by atoms with van der Waals surface area (Å²) in [5.74, 6) is -2.40. The highest BCUT2D eigenvalue weighted by molar-refractivity contribution is 5.98. The van der Waals surface area contributed by atoms with E-state index in [1.807, 2.05) is 4.40 Å². The topological polar surface area (TPSA) is 102 Å². The van der Waals surface area contributed by atoms with Crippen LogP contribution in [-0.4, -0.2) is 48.9 Å². The lowest BCUT2D eigenvalue weighted by Gasteiger charge is -2.13. The van der Waals surface area contributed by atoms with E-state index in [9.17, 15) is 31.1 Å². The summed E-state index contributed by atoms with van der Waals surface area (Å²) in [6, 6.07) is 10.4. The van der Waals surface area contributed by atoms with E-state index in [-0.39, 0.29) is 12.5 Å². The first-order valence-electron chi connectivity index (χ1n) is 10.3. The molecule has 0 fully saturated rings. The van der Waals surface area contributed by atoms with Crippen LogP contribution < -0.4 is 5.32 Å². The summed E-state index contributed by atoms with van der Waals surface area (Å²) in [7, 11) is 0. The van der Waals surface area contributed by atoms with Crippen LogP contribution in [0.3, 0.4) is 0 Å². The minimum absolute atomic E-state index is 0.118. The summed E-state index contributed by atoms with van der Waals surface area (Å²) < 4.78 is 74.6. The quantitative estimate of drug-likeness (QED) is 0.392. The predicted octanol–water partition coefficient (Wildman–Crippen LogP) is 4.44. The Kier molecular flexibility index (Phi) is 7.27. The van der Waals surface area contributed by atoms with Crippen LogP contribution in [0.2, 0.25) is 0 Å². The van der Waals surface area contributed by atoms with Gasteiger partial charge in [0.1, 0.15) is 11.5 Å². The van der Waals surface area contributed by atoms with Crippen molar-refractivity contribution in [1.82, 2.24) is 24.5 Å². The third-order valence-electron chi connectivity index (χ3n) is 5.01. The lowest BCUT2D eigenvalue weighted by atomic mass is 10.1. The summed E-state index contributed by atoms with van der Waals surface area (Å²) in [4.78, 5) is 21.6. The Morgan fingerprint density at radius 2 is 1.67 bits per heavy atom. The number of nitrogens with one attached hydrogen (secondary N) is 1. The molecule has 0 saturated heterocycles. The Balaban J connectivity index is 0.000000454. The number of alkyl halides is 6. The zero-order valence-corrected chi connectivity index (χ0v) is 18.8. The van der Waals surface area contributed by atoms with E-state index >= 15 is 0 Å². The lowest BCUT2D eigenvalue weighted by molar-refractivity contribution is -0.192. The number of hydrogen-bond acceptors (Lipinski definition) is 4. The number of halogens is 6. The molecule has 0 radical (unpaired) electrons. The van der Waals surface area contributed by atoms with Crippen LogP contribution in [0.4, 0.5) is 26.3 Å². The van der Waals surface area contributed by atoms with E-state index in [0.29, 0.717) is 34.8 Å². The number of carbonyl (C=O) groups excluding carboxylic acids is 1. The largest absolute Gasteiger partial charge is 0.490 e. The van der Waals surface area contributed by atoms with E-state index < -0.39 is 23.9 Å². The fourth-order valence-corrected chi connectivity index (χ4v) is 3.48. The number of amides is 1. The Bertz CT molecular complexity index is 1420. The van der Waals surface area contributed by atoms with Crippen LogP contribution in [0.15, 0.2) is 42.5 Å².